The summed E-state index contributed by atoms with van der Waals surface area (Å²) in [5, 5.41) is 1.82. The molecule has 3 aromatic rings. The average molecular weight is 249 g/mol. The summed E-state index contributed by atoms with van der Waals surface area (Å²) in [6.45, 7) is 0. The van der Waals surface area contributed by atoms with E-state index in [2.05, 4.69) is 19.9 Å². The molecule has 0 saturated carbocycles. The minimum atomic E-state index is -0.584. The molecule has 5 N–H and O–H groups in total. The third-order valence-electron chi connectivity index (χ3n) is 2.30. The number of hydrogen-bond donors (Lipinski definition) is 4. The summed E-state index contributed by atoms with van der Waals surface area (Å²) in [7, 11) is 0. The fourth-order valence-electron chi connectivity index (χ4n) is 1.55. The molecule has 7 nitrogen and oxygen atoms in total. The summed E-state index contributed by atoms with van der Waals surface area (Å²) < 4.78 is 0. The number of hydrogen-bond acceptors (Lipinski definition) is 5. The van der Waals surface area contributed by atoms with Crippen molar-refractivity contribution in [2.45, 2.75) is 0 Å². The number of nitrogen functional groups attached to an aromatic ring is 1. The van der Waals surface area contributed by atoms with E-state index in [-0.39, 0.29) is 11.2 Å². The van der Waals surface area contributed by atoms with Crippen LogP contribution in [0.4, 0.5) is 5.69 Å². The first-order valence-corrected chi connectivity index (χ1v) is 5.59. The number of aromatic nitrogens is 4. The van der Waals surface area contributed by atoms with Crippen LogP contribution >= 0.6 is 11.3 Å². The molecule has 3 aromatic heterocycles. The van der Waals surface area contributed by atoms with Crippen LogP contribution in [0.25, 0.3) is 21.9 Å². The maximum absolute atomic E-state index is 11.5. The van der Waals surface area contributed by atoms with Crippen LogP contribution in [0.1, 0.15) is 0 Å². The van der Waals surface area contributed by atoms with Crippen molar-refractivity contribution in [3.63, 3.8) is 0 Å². The molecule has 0 amide bonds. The fourth-order valence-corrected chi connectivity index (χ4v) is 2.31. The highest BCUT2D eigenvalue weighted by molar-refractivity contribution is 7.14. The van der Waals surface area contributed by atoms with Gasteiger partial charge in [0.15, 0.2) is 11.5 Å². The molecule has 0 aliphatic rings. The summed E-state index contributed by atoms with van der Waals surface area (Å²) in [4.78, 5) is 34.9. The highest BCUT2D eigenvalue weighted by atomic mass is 32.1. The van der Waals surface area contributed by atoms with Gasteiger partial charge in [0.2, 0.25) is 0 Å². The molecule has 0 atom stereocenters. The van der Waals surface area contributed by atoms with Crippen LogP contribution < -0.4 is 17.0 Å². The van der Waals surface area contributed by atoms with Crippen LogP contribution in [0.3, 0.4) is 0 Å². The van der Waals surface area contributed by atoms with Crippen molar-refractivity contribution in [2.24, 2.45) is 0 Å². The average Bonchev–Trinajstić information content (AvgIpc) is 2.83. The molecule has 0 aromatic carbocycles. The van der Waals surface area contributed by atoms with Crippen molar-refractivity contribution in [3.8, 4) is 10.7 Å². The number of fused-ring (bicyclic) bond motifs is 1. The molecular weight excluding hydrogens is 242 g/mol. The molecule has 0 saturated heterocycles. The molecule has 3 rings (SSSR count). The number of thiophene rings is 1. The lowest BCUT2D eigenvalue weighted by Gasteiger charge is -1.91. The Morgan fingerprint density at radius 1 is 1.24 bits per heavy atom. The maximum Gasteiger partial charge on any atom is 0.327 e. The molecule has 17 heavy (non-hydrogen) atoms. The van der Waals surface area contributed by atoms with E-state index < -0.39 is 11.2 Å². The van der Waals surface area contributed by atoms with E-state index in [1.54, 1.807) is 6.07 Å². The predicted molar refractivity (Wildman–Crippen MR) is 65.1 cm³/mol. The van der Waals surface area contributed by atoms with Gasteiger partial charge in [0.25, 0.3) is 5.56 Å². The van der Waals surface area contributed by atoms with Crippen LogP contribution in [0, 0.1) is 0 Å². The Morgan fingerprint density at radius 3 is 2.76 bits per heavy atom. The Kier molecular flexibility index (Phi) is 1.92. The monoisotopic (exact) mass is 249 g/mol. The lowest BCUT2D eigenvalue weighted by atomic mass is 10.4. The van der Waals surface area contributed by atoms with Gasteiger partial charge in [-0.1, -0.05) is 0 Å². The highest BCUT2D eigenvalue weighted by Gasteiger charge is 2.12. The highest BCUT2D eigenvalue weighted by Crippen LogP contribution is 2.29. The van der Waals surface area contributed by atoms with Gasteiger partial charge < -0.3 is 10.7 Å². The van der Waals surface area contributed by atoms with Gasteiger partial charge in [-0.15, -0.1) is 11.3 Å². The Morgan fingerprint density at radius 2 is 2.06 bits per heavy atom. The number of anilines is 1. The van der Waals surface area contributed by atoms with E-state index in [9.17, 15) is 9.59 Å². The zero-order valence-electron chi connectivity index (χ0n) is 8.40. The molecule has 0 fully saturated rings. The van der Waals surface area contributed by atoms with Crippen molar-refractivity contribution in [1.29, 1.82) is 0 Å². The first-order chi connectivity index (χ1) is 8.15. The Hall–Kier alpha value is -2.35. The van der Waals surface area contributed by atoms with Crippen LogP contribution in [0.2, 0.25) is 0 Å². The molecule has 0 aliphatic heterocycles. The third-order valence-corrected chi connectivity index (χ3v) is 3.24. The van der Waals surface area contributed by atoms with Crippen molar-refractivity contribution >= 4 is 28.2 Å². The number of rotatable bonds is 1. The second-order valence-electron chi connectivity index (χ2n) is 3.42. The van der Waals surface area contributed by atoms with Crippen LogP contribution in [-0.4, -0.2) is 19.9 Å². The summed E-state index contributed by atoms with van der Waals surface area (Å²) in [5.74, 6) is 0.472. The van der Waals surface area contributed by atoms with E-state index in [4.69, 9.17) is 5.73 Å². The summed E-state index contributed by atoms with van der Waals surface area (Å²) in [5.41, 5.74) is 5.70. The fraction of sp³-hybridized carbons (Fsp3) is 0. The van der Waals surface area contributed by atoms with Gasteiger partial charge >= 0.3 is 5.69 Å². The van der Waals surface area contributed by atoms with E-state index in [1.807, 2.05) is 5.38 Å². The first-order valence-electron chi connectivity index (χ1n) is 4.71. The van der Waals surface area contributed by atoms with Gasteiger partial charge in [-0.2, -0.15) is 0 Å². The second kappa shape index (κ2) is 3.32. The van der Waals surface area contributed by atoms with Gasteiger partial charge in [-0.25, -0.2) is 9.78 Å². The zero-order valence-corrected chi connectivity index (χ0v) is 9.22. The third kappa shape index (κ3) is 1.46. The number of H-pyrrole nitrogens is 3. The molecule has 0 radical (unpaired) electrons. The van der Waals surface area contributed by atoms with Crippen LogP contribution in [-0.2, 0) is 0 Å². The lowest BCUT2D eigenvalue weighted by Crippen LogP contribution is -2.21. The normalized spacial score (nSPS) is 11.1. The van der Waals surface area contributed by atoms with Gasteiger partial charge in [0.1, 0.15) is 5.52 Å². The molecular formula is C9H7N5O2S. The smallest absolute Gasteiger partial charge is 0.327 e. The largest absolute Gasteiger partial charge is 0.397 e. The van der Waals surface area contributed by atoms with Crippen LogP contribution in [0.15, 0.2) is 21.0 Å². The van der Waals surface area contributed by atoms with Crippen molar-refractivity contribution < 1.29 is 0 Å². The number of imidazole rings is 1. The van der Waals surface area contributed by atoms with Crippen molar-refractivity contribution in [1.82, 2.24) is 19.9 Å². The number of nitrogens with zero attached hydrogens (tertiary/aromatic N) is 1. The molecule has 0 spiro atoms. The maximum atomic E-state index is 11.5. The topological polar surface area (TPSA) is 120 Å². The minimum Gasteiger partial charge on any atom is -0.397 e. The SMILES string of the molecule is Nc1ccsc1-c1nc2[nH]c(=O)[nH]c(=O)c2[nH]1. The van der Waals surface area contributed by atoms with E-state index in [0.29, 0.717) is 11.5 Å². The van der Waals surface area contributed by atoms with Crippen molar-refractivity contribution in [3.05, 3.63) is 32.3 Å². The number of nitrogens with two attached hydrogens (primary N) is 1. The second-order valence-corrected chi connectivity index (χ2v) is 4.34. The molecule has 86 valence electrons. The standard InChI is InChI=1S/C9H7N5O2S/c10-3-1-2-17-5(3)7-11-4-6(12-7)13-9(16)14-8(4)15/h1-2H,10H2,(H3,11,12,13,14,15,16). The zero-order chi connectivity index (χ0) is 12.0. The summed E-state index contributed by atoms with van der Waals surface area (Å²) in [6.07, 6.45) is 0. The summed E-state index contributed by atoms with van der Waals surface area (Å²) in [6, 6.07) is 1.75. The van der Waals surface area contributed by atoms with E-state index >= 15 is 0 Å². The molecule has 3 heterocycles. The predicted octanol–water partition coefficient (Wildman–Crippen LogP) is 0.250. The van der Waals surface area contributed by atoms with Gasteiger partial charge in [-0.3, -0.25) is 14.8 Å². The van der Waals surface area contributed by atoms with E-state index in [0.717, 1.165) is 4.88 Å². The van der Waals surface area contributed by atoms with Crippen LogP contribution in [0.5, 0.6) is 0 Å². The van der Waals surface area contributed by atoms with Gasteiger partial charge in [-0.05, 0) is 11.4 Å². The minimum absolute atomic E-state index is 0.224. The van der Waals surface area contributed by atoms with E-state index in [1.165, 1.54) is 11.3 Å². The Balaban J connectivity index is 2.35. The number of nitrogens with one attached hydrogen (secondary N) is 3. The first kappa shape index (κ1) is 9.85. The van der Waals surface area contributed by atoms with Crippen molar-refractivity contribution in [2.75, 3.05) is 5.73 Å². The Bertz CT molecular complexity index is 809. The molecule has 0 aliphatic carbocycles. The molecule has 0 unspecified atom stereocenters. The Labute approximate surface area is 97.3 Å². The quantitative estimate of drug-likeness (QED) is 0.494. The number of aromatic amines is 3. The lowest BCUT2D eigenvalue weighted by molar-refractivity contribution is 1.07. The molecule has 8 heteroatoms. The molecule has 0 bridgehead atoms. The van der Waals surface area contributed by atoms with Gasteiger partial charge in [0, 0.05) is 0 Å². The summed E-state index contributed by atoms with van der Waals surface area (Å²) >= 11 is 1.40. The van der Waals surface area contributed by atoms with Gasteiger partial charge in [0.05, 0.1) is 10.6 Å².